The summed E-state index contributed by atoms with van der Waals surface area (Å²) in [6.07, 6.45) is 4.30. The molecule has 1 saturated heterocycles. The van der Waals surface area contributed by atoms with Crippen LogP contribution in [0.15, 0.2) is 33.9 Å². The van der Waals surface area contributed by atoms with E-state index in [1.807, 2.05) is 4.90 Å². The minimum Gasteiger partial charge on any atom is -0.497 e. The number of ether oxygens (including phenoxy) is 1. The van der Waals surface area contributed by atoms with Gasteiger partial charge in [0.15, 0.2) is 0 Å². The maximum absolute atomic E-state index is 12.5. The SMILES string of the molecule is CC[C@H]1CCCCN1C(=O)CSc1nnc(CNC(=O)c2ccc(OC)cc2)o1. The van der Waals surface area contributed by atoms with Gasteiger partial charge < -0.3 is 19.4 Å². The number of hydrogen-bond acceptors (Lipinski definition) is 7. The number of likely N-dealkylation sites (tertiary alicyclic amines) is 1. The van der Waals surface area contributed by atoms with E-state index < -0.39 is 0 Å². The predicted molar refractivity (Wildman–Crippen MR) is 109 cm³/mol. The average molecular weight is 419 g/mol. The van der Waals surface area contributed by atoms with Crippen LogP contribution in [0.25, 0.3) is 0 Å². The summed E-state index contributed by atoms with van der Waals surface area (Å²) in [5, 5.41) is 11.0. The number of carbonyl (C=O) groups is 2. The topological polar surface area (TPSA) is 97.6 Å². The fraction of sp³-hybridized carbons (Fsp3) is 0.500. The van der Waals surface area contributed by atoms with Gasteiger partial charge in [-0.05, 0) is 49.9 Å². The van der Waals surface area contributed by atoms with Crippen molar-refractivity contribution in [2.45, 2.75) is 50.4 Å². The molecule has 2 amide bonds. The molecule has 156 valence electrons. The maximum atomic E-state index is 12.5. The fourth-order valence-electron chi connectivity index (χ4n) is 3.33. The number of carbonyl (C=O) groups excluding carboxylic acids is 2. The molecule has 1 atom stereocenters. The van der Waals surface area contributed by atoms with Gasteiger partial charge in [-0.2, -0.15) is 0 Å². The third kappa shape index (κ3) is 5.72. The first kappa shape index (κ1) is 21.2. The number of thioether (sulfide) groups is 1. The number of piperidine rings is 1. The zero-order chi connectivity index (χ0) is 20.6. The number of hydrogen-bond donors (Lipinski definition) is 1. The van der Waals surface area contributed by atoms with Gasteiger partial charge in [0, 0.05) is 18.2 Å². The van der Waals surface area contributed by atoms with E-state index in [1.165, 1.54) is 18.2 Å². The van der Waals surface area contributed by atoms with E-state index in [0.29, 0.717) is 28.5 Å². The van der Waals surface area contributed by atoms with Gasteiger partial charge in [-0.15, -0.1) is 10.2 Å². The minimum atomic E-state index is -0.245. The number of benzene rings is 1. The van der Waals surface area contributed by atoms with Crippen molar-refractivity contribution in [2.75, 3.05) is 19.4 Å². The van der Waals surface area contributed by atoms with Gasteiger partial charge in [0.1, 0.15) is 5.75 Å². The van der Waals surface area contributed by atoms with Crippen molar-refractivity contribution < 1.29 is 18.7 Å². The maximum Gasteiger partial charge on any atom is 0.277 e. The molecule has 1 aliphatic heterocycles. The van der Waals surface area contributed by atoms with Crippen molar-refractivity contribution in [2.24, 2.45) is 0 Å². The highest BCUT2D eigenvalue weighted by atomic mass is 32.2. The van der Waals surface area contributed by atoms with E-state index in [2.05, 4.69) is 22.4 Å². The molecule has 9 heteroatoms. The average Bonchev–Trinajstić information content (AvgIpc) is 3.23. The molecule has 0 aliphatic carbocycles. The Bertz CT molecular complexity index is 824. The molecule has 29 heavy (non-hydrogen) atoms. The largest absolute Gasteiger partial charge is 0.497 e. The molecule has 0 radical (unpaired) electrons. The standard InChI is InChI=1S/C20H26N4O4S/c1-3-15-6-4-5-11-24(15)18(25)13-29-20-23-22-17(28-20)12-21-19(26)14-7-9-16(27-2)10-8-14/h7-10,15H,3-6,11-13H2,1-2H3,(H,21,26)/t15-/m0/s1. The molecule has 0 saturated carbocycles. The lowest BCUT2D eigenvalue weighted by atomic mass is 10.0. The predicted octanol–water partition coefficient (Wildman–Crippen LogP) is 2.89. The van der Waals surface area contributed by atoms with E-state index in [4.69, 9.17) is 9.15 Å². The summed E-state index contributed by atoms with van der Waals surface area (Å²) in [5.41, 5.74) is 0.512. The molecule has 1 aromatic heterocycles. The number of amides is 2. The highest BCUT2D eigenvalue weighted by Crippen LogP contribution is 2.22. The van der Waals surface area contributed by atoms with Crippen molar-refractivity contribution in [1.29, 1.82) is 0 Å². The van der Waals surface area contributed by atoms with Crippen molar-refractivity contribution in [1.82, 2.24) is 20.4 Å². The Morgan fingerprint density at radius 3 is 2.79 bits per heavy atom. The summed E-state index contributed by atoms with van der Waals surface area (Å²) >= 11 is 1.23. The molecule has 0 unspecified atom stereocenters. The lowest BCUT2D eigenvalue weighted by Gasteiger charge is -2.35. The Balaban J connectivity index is 1.46. The smallest absolute Gasteiger partial charge is 0.277 e. The number of rotatable bonds is 8. The summed E-state index contributed by atoms with van der Waals surface area (Å²) < 4.78 is 10.6. The second-order valence-electron chi connectivity index (χ2n) is 6.81. The molecule has 2 heterocycles. The monoisotopic (exact) mass is 418 g/mol. The first-order chi connectivity index (χ1) is 14.1. The third-order valence-electron chi connectivity index (χ3n) is 4.94. The molecule has 1 aromatic carbocycles. The summed E-state index contributed by atoms with van der Waals surface area (Å²) in [7, 11) is 1.57. The number of nitrogens with zero attached hydrogens (tertiary/aromatic N) is 3. The molecule has 2 aromatic rings. The van der Waals surface area contributed by atoms with E-state index in [-0.39, 0.29) is 24.1 Å². The lowest BCUT2D eigenvalue weighted by Crippen LogP contribution is -2.44. The third-order valence-corrected chi connectivity index (χ3v) is 5.74. The van der Waals surface area contributed by atoms with Gasteiger partial charge in [0.05, 0.1) is 19.4 Å². The lowest BCUT2D eigenvalue weighted by molar-refractivity contribution is -0.132. The van der Waals surface area contributed by atoms with Crippen LogP contribution in [0.5, 0.6) is 5.75 Å². The number of aromatic nitrogens is 2. The number of methoxy groups -OCH3 is 1. The van der Waals surface area contributed by atoms with E-state index in [1.54, 1.807) is 31.4 Å². The molecule has 1 aliphatic rings. The Morgan fingerprint density at radius 2 is 2.07 bits per heavy atom. The van der Waals surface area contributed by atoms with Crippen LogP contribution in [-0.2, 0) is 11.3 Å². The van der Waals surface area contributed by atoms with Crippen molar-refractivity contribution in [3.8, 4) is 5.75 Å². The first-order valence-corrected chi connectivity index (χ1v) is 10.8. The summed E-state index contributed by atoms with van der Waals surface area (Å²) in [4.78, 5) is 26.7. The normalized spacial score (nSPS) is 16.5. The highest BCUT2D eigenvalue weighted by Gasteiger charge is 2.25. The van der Waals surface area contributed by atoms with Crippen LogP contribution in [0.1, 0.15) is 48.9 Å². The van der Waals surface area contributed by atoms with Gasteiger partial charge in [-0.3, -0.25) is 9.59 Å². The quantitative estimate of drug-likeness (QED) is 0.658. The van der Waals surface area contributed by atoms with Crippen LogP contribution in [0.3, 0.4) is 0 Å². The second-order valence-corrected chi connectivity index (χ2v) is 7.73. The molecule has 0 spiro atoms. The van der Waals surface area contributed by atoms with E-state index >= 15 is 0 Å². The molecule has 8 nitrogen and oxygen atoms in total. The van der Waals surface area contributed by atoms with Crippen LogP contribution >= 0.6 is 11.8 Å². The second kappa shape index (κ2) is 10.3. The summed E-state index contributed by atoms with van der Waals surface area (Å²) in [6.45, 7) is 3.06. The number of nitrogens with one attached hydrogen (secondary N) is 1. The minimum absolute atomic E-state index is 0.106. The van der Waals surface area contributed by atoms with Gasteiger partial charge in [0.25, 0.3) is 11.1 Å². The van der Waals surface area contributed by atoms with Crippen molar-refractivity contribution >= 4 is 23.6 Å². The Morgan fingerprint density at radius 1 is 1.28 bits per heavy atom. The Kier molecular flexibility index (Phi) is 7.51. The summed E-state index contributed by atoms with van der Waals surface area (Å²) in [6, 6.07) is 7.14. The van der Waals surface area contributed by atoms with Crippen LogP contribution in [-0.4, -0.2) is 52.4 Å². The van der Waals surface area contributed by atoms with Gasteiger partial charge in [-0.1, -0.05) is 18.7 Å². The van der Waals surface area contributed by atoms with Crippen molar-refractivity contribution in [3.63, 3.8) is 0 Å². The van der Waals surface area contributed by atoms with E-state index in [0.717, 1.165) is 25.8 Å². The van der Waals surface area contributed by atoms with Gasteiger partial charge in [0.2, 0.25) is 11.8 Å². The molecule has 1 fully saturated rings. The van der Waals surface area contributed by atoms with Crippen LogP contribution in [0.2, 0.25) is 0 Å². The molecule has 0 bridgehead atoms. The summed E-state index contributed by atoms with van der Waals surface area (Å²) in [5.74, 6) is 1.12. The Labute approximate surface area is 174 Å². The molecule has 3 rings (SSSR count). The van der Waals surface area contributed by atoms with Crippen LogP contribution < -0.4 is 10.1 Å². The molecular formula is C20H26N4O4S. The van der Waals surface area contributed by atoms with Gasteiger partial charge >= 0.3 is 0 Å². The molecular weight excluding hydrogens is 392 g/mol. The zero-order valence-electron chi connectivity index (χ0n) is 16.7. The zero-order valence-corrected chi connectivity index (χ0v) is 17.5. The molecule has 1 N–H and O–H groups in total. The van der Waals surface area contributed by atoms with Crippen LogP contribution in [0.4, 0.5) is 0 Å². The van der Waals surface area contributed by atoms with Crippen molar-refractivity contribution in [3.05, 3.63) is 35.7 Å². The van der Waals surface area contributed by atoms with Gasteiger partial charge in [-0.25, -0.2) is 0 Å². The first-order valence-electron chi connectivity index (χ1n) is 9.77. The van der Waals surface area contributed by atoms with E-state index in [9.17, 15) is 9.59 Å². The Hall–Kier alpha value is -2.55. The van der Waals surface area contributed by atoms with Crippen LogP contribution in [0, 0.1) is 0 Å². The fourth-order valence-corrected chi connectivity index (χ4v) is 3.99. The highest BCUT2D eigenvalue weighted by molar-refractivity contribution is 7.99.